The summed E-state index contributed by atoms with van der Waals surface area (Å²) in [7, 11) is 0. The summed E-state index contributed by atoms with van der Waals surface area (Å²) >= 11 is 3.25. The molecule has 92 valence electrons. The van der Waals surface area contributed by atoms with Crippen LogP contribution in [0.2, 0.25) is 0 Å². The molecule has 1 aliphatic rings. The number of pyridine rings is 1. The van der Waals surface area contributed by atoms with Crippen molar-refractivity contribution in [3.63, 3.8) is 0 Å². The van der Waals surface area contributed by atoms with Crippen molar-refractivity contribution in [3.05, 3.63) is 22.9 Å². The van der Waals surface area contributed by atoms with Crippen LogP contribution in [0.25, 0.3) is 0 Å². The average molecular weight is 298 g/mol. The van der Waals surface area contributed by atoms with E-state index in [-0.39, 0.29) is 5.91 Å². The molecule has 1 saturated carbocycles. The number of aromatic nitrogens is 1. The van der Waals surface area contributed by atoms with Crippen LogP contribution < -0.4 is 11.1 Å². The lowest BCUT2D eigenvalue weighted by Crippen LogP contribution is -2.52. The predicted molar refractivity (Wildman–Crippen MR) is 70.6 cm³/mol. The molecule has 1 heterocycles. The van der Waals surface area contributed by atoms with Crippen molar-refractivity contribution in [2.45, 2.75) is 37.6 Å². The second-order valence-electron chi connectivity index (χ2n) is 4.54. The van der Waals surface area contributed by atoms with Gasteiger partial charge in [0.25, 0.3) is 0 Å². The Labute approximate surface area is 109 Å². The Kier molecular flexibility index (Phi) is 3.79. The van der Waals surface area contributed by atoms with E-state index in [1.807, 2.05) is 0 Å². The molecule has 0 aliphatic heterocycles. The third-order valence-electron chi connectivity index (χ3n) is 3.18. The van der Waals surface area contributed by atoms with Gasteiger partial charge in [0, 0.05) is 0 Å². The highest BCUT2D eigenvalue weighted by Gasteiger charge is 2.35. The summed E-state index contributed by atoms with van der Waals surface area (Å²) in [5.74, 6) is -0.0960. The number of hydrogen-bond donors (Lipinski definition) is 2. The van der Waals surface area contributed by atoms with Crippen molar-refractivity contribution >= 4 is 27.5 Å². The largest absolute Gasteiger partial charge is 0.323 e. The Balaban J connectivity index is 2.03. The number of amides is 1. The maximum Gasteiger partial charge on any atom is 0.244 e. The summed E-state index contributed by atoms with van der Waals surface area (Å²) in [6.07, 6.45) is 6.39. The highest BCUT2D eigenvalue weighted by molar-refractivity contribution is 9.10. The monoisotopic (exact) mass is 297 g/mol. The van der Waals surface area contributed by atoms with Gasteiger partial charge in [-0.1, -0.05) is 19.3 Å². The molecule has 3 N–H and O–H groups in total. The van der Waals surface area contributed by atoms with E-state index in [2.05, 4.69) is 26.2 Å². The Morgan fingerprint density at radius 2 is 2.06 bits per heavy atom. The maximum atomic E-state index is 12.1. The van der Waals surface area contributed by atoms with Crippen molar-refractivity contribution < 1.29 is 4.79 Å². The van der Waals surface area contributed by atoms with Crippen LogP contribution in [0.15, 0.2) is 22.9 Å². The number of halogens is 1. The van der Waals surface area contributed by atoms with Crippen LogP contribution in [0.4, 0.5) is 5.69 Å². The first-order valence-corrected chi connectivity index (χ1v) is 6.61. The van der Waals surface area contributed by atoms with E-state index in [1.165, 1.54) is 6.42 Å². The number of nitrogens with one attached hydrogen (secondary N) is 1. The number of hydrogen-bond acceptors (Lipinski definition) is 3. The van der Waals surface area contributed by atoms with E-state index in [0.717, 1.165) is 30.3 Å². The second kappa shape index (κ2) is 5.14. The van der Waals surface area contributed by atoms with Gasteiger partial charge in [0.15, 0.2) is 0 Å². The molecule has 2 rings (SSSR count). The molecular weight excluding hydrogens is 282 g/mol. The first-order chi connectivity index (χ1) is 8.10. The lowest BCUT2D eigenvalue weighted by atomic mass is 9.82. The van der Waals surface area contributed by atoms with E-state index < -0.39 is 5.54 Å². The van der Waals surface area contributed by atoms with E-state index in [0.29, 0.717) is 5.69 Å². The SMILES string of the molecule is NC1(C(=O)Nc2ccc(Br)nc2)CCCCC1. The van der Waals surface area contributed by atoms with Gasteiger partial charge >= 0.3 is 0 Å². The first-order valence-electron chi connectivity index (χ1n) is 5.82. The predicted octanol–water partition coefficient (Wildman–Crippen LogP) is 2.44. The number of nitrogens with zero attached hydrogens (tertiary/aromatic N) is 1. The van der Waals surface area contributed by atoms with E-state index >= 15 is 0 Å². The van der Waals surface area contributed by atoms with Gasteiger partial charge in [-0.15, -0.1) is 0 Å². The fourth-order valence-electron chi connectivity index (χ4n) is 2.12. The third-order valence-corrected chi connectivity index (χ3v) is 3.65. The molecule has 0 spiro atoms. The van der Waals surface area contributed by atoms with Gasteiger partial charge in [0.2, 0.25) is 5.91 Å². The zero-order valence-electron chi connectivity index (χ0n) is 9.58. The normalized spacial score (nSPS) is 18.7. The minimum Gasteiger partial charge on any atom is -0.323 e. The van der Waals surface area contributed by atoms with Crippen LogP contribution in [-0.4, -0.2) is 16.4 Å². The summed E-state index contributed by atoms with van der Waals surface area (Å²) in [6, 6.07) is 3.60. The zero-order valence-corrected chi connectivity index (χ0v) is 11.2. The molecule has 1 aromatic rings. The fourth-order valence-corrected chi connectivity index (χ4v) is 2.35. The van der Waals surface area contributed by atoms with Crippen molar-refractivity contribution in [2.24, 2.45) is 5.73 Å². The van der Waals surface area contributed by atoms with Gasteiger partial charge in [-0.3, -0.25) is 4.79 Å². The standard InChI is InChI=1S/C12H16BrN3O/c13-10-5-4-9(8-15-10)16-11(17)12(14)6-2-1-3-7-12/h4-5,8H,1-3,6-7,14H2,(H,16,17). The van der Waals surface area contributed by atoms with Gasteiger partial charge in [-0.2, -0.15) is 0 Å². The minimum absolute atomic E-state index is 0.0960. The highest BCUT2D eigenvalue weighted by atomic mass is 79.9. The number of carbonyl (C=O) groups is 1. The lowest BCUT2D eigenvalue weighted by Gasteiger charge is -2.31. The van der Waals surface area contributed by atoms with Crippen molar-refractivity contribution in [1.82, 2.24) is 4.98 Å². The number of nitrogens with two attached hydrogens (primary N) is 1. The van der Waals surface area contributed by atoms with Crippen LogP contribution in [0, 0.1) is 0 Å². The first kappa shape index (κ1) is 12.5. The molecular formula is C12H16BrN3O. The molecule has 1 amide bonds. The smallest absolute Gasteiger partial charge is 0.244 e. The molecule has 17 heavy (non-hydrogen) atoms. The Bertz CT molecular complexity index is 399. The molecule has 0 radical (unpaired) electrons. The van der Waals surface area contributed by atoms with Crippen LogP contribution in [0.3, 0.4) is 0 Å². The molecule has 0 saturated heterocycles. The number of anilines is 1. The fraction of sp³-hybridized carbons (Fsp3) is 0.500. The van der Waals surface area contributed by atoms with Gasteiger partial charge in [0.05, 0.1) is 17.4 Å². The Hall–Kier alpha value is -0.940. The van der Waals surface area contributed by atoms with Crippen LogP contribution in [0.5, 0.6) is 0 Å². The molecule has 1 aromatic heterocycles. The lowest BCUT2D eigenvalue weighted by molar-refractivity contribution is -0.122. The highest BCUT2D eigenvalue weighted by Crippen LogP contribution is 2.27. The van der Waals surface area contributed by atoms with Gasteiger partial charge in [0.1, 0.15) is 4.60 Å². The number of carbonyl (C=O) groups excluding carboxylic acids is 1. The summed E-state index contributed by atoms with van der Waals surface area (Å²) in [5.41, 5.74) is 6.12. The quantitative estimate of drug-likeness (QED) is 0.824. The maximum absolute atomic E-state index is 12.1. The summed E-state index contributed by atoms with van der Waals surface area (Å²) < 4.78 is 0.746. The second-order valence-corrected chi connectivity index (χ2v) is 5.35. The van der Waals surface area contributed by atoms with Crippen LogP contribution >= 0.6 is 15.9 Å². The molecule has 0 aromatic carbocycles. The van der Waals surface area contributed by atoms with Gasteiger partial charge in [-0.25, -0.2) is 4.98 Å². The van der Waals surface area contributed by atoms with Crippen LogP contribution in [-0.2, 0) is 4.79 Å². The average Bonchev–Trinajstić information content (AvgIpc) is 2.33. The Morgan fingerprint density at radius 1 is 1.35 bits per heavy atom. The number of rotatable bonds is 2. The topological polar surface area (TPSA) is 68.0 Å². The van der Waals surface area contributed by atoms with Crippen molar-refractivity contribution in [3.8, 4) is 0 Å². The van der Waals surface area contributed by atoms with E-state index in [4.69, 9.17) is 5.73 Å². The summed E-state index contributed by atoms with van der Waals surface area (Å²) in [4.78, 5) is 16.2. The molecule has 1 fully saturated rings. The third kappa shape index (κ3) is 3.04. The molecule has 0 atom stereocenters. The zero-order chi connectivity index (χ0) is 12.3. The van der Waals surface area contributed by atoms with Crippen molar-refractivity contribution in [1.29, 1.82) is 0 Å². The van der Waals surface area contributed by atoms with E-state index in [9.17, 15) is 4.79 Å². The van der Waals surface area contributed by atoms with Crippen LogP contribution in [0.1, 0.15) is 32.1 Å². The van der Waals surface area contributed by atoms with Crippen molar-refractivity contribution in [2.75, 3.05) is 5.32 Å². The van der Waals surface area contributed by atoms with E-state index in [1.54, 1.807) is 18.3 Å². The summed E-state index contributed by atoms with van der Waals surface area (Å²) in [5, 5.41) is 2.83. The van der Waals surface area contributed by atoms with Gasteiger partial charge < -0.3 is 11.1 Å². The molecule has 0 unspecified atom stereocenters. The minimum atomic E-state index is -0.703. The molecule has 1 aliphatic carbocycles. The molecule has 0 bridgehead atoms. The molecule has 5 heteroatoms. The summed E-state index contributed by atoms with van der Waals surface area (Å²) in [6.45, 7) is 0. The molecule has 4 nitrogen and oxygen atoms in total. The van der Waals surface area contributed by atoms with Gasteiger partial charge in [-0.05, 0) is 40.9 Å². The Morgan fingerprint density at radius 3 is 2.65 bits per heavy atom.